The van der Waals surface area contributed by atoms with Gasteiger partial charge in [-0.2, -0.15) is 10.4 Å². The summed E-state index contributed by atoms with van der Waals surface area (Å²) < 4.78 is 5.64. The Kier molecular flexibility index (Phi) is 7.24. The van der Waals surface area contributed by atoms with Gasteiger partial charge in [0.2, 0.25) is 0 Å². The molecule has 2 amide bonds. The number of amides is 2. The van der Waals surface area contributed by atoms with Crippen molar-refractivity contribution >= 4 is 51.1 Å². The number of aryl methyl sites for hydroxylation is 1. The monoisotopic (exact) mass is 522 g/mol. The van der Waals surface area contributed by atoms with Crippen LogP contribution in [0.3, 0.4) is 0 Å². The molecule has 38 heavy (non-hydrogen) atoms. The van der Waals surface area contributed by atoms with Gasteiger partial charge in [0, 0.05) is 10.4 Å². The Balaban J connectivity index is 1.34. The number of nitrogens with zero attached hydrogens (tertiary/aromatic N) is 2. The number of esters is 1. The van der Waals surface area contributed by atoms with Crippen LogP contribution in [0.2, 0.25) is 0 Å². The minimum Gasteiger partial charge on any atom is -0.422 e. The zero-order chi connectivity index (χ0) is 26.5. The number of hydrogen-bond donors (Lipinski definition) is 2. The fourth-order valence-electron chi connectivity index (χ4n) is 4.37. The van der Waals surface area contributed by atoms with E-state index in [9.17, 15) is 19.6 Å². The van der Waals surface area contributed by atoms with Crippen LogP contribution in [-0.2, 0) is 22.4 Å². The molecular formula is C29H22N4O4S. The number of nitriles is 1. The van der Waals surface area contributed by atoms with Crippen molar-refractivity contribution < 1.29 is 19.1 Å². The molecule has 4 aromatic rings. The number of fused-ring (bicyclic) bond motifs is 2. The van der Waals surface area contributed by atoms with Gasteiger partial charge in [-0.15, -0.1) is 11.3 Å². The highest BCUT2D eigenvalue weighted by molar-refractivity contribution is 7.16. The predicted octanol–water partition coefficient (Wildman–Crippen LogP) is 4.96. The molecule has 5 rings (SSSR count). The first-order valence-corrected chi connectivity index (χ1v) is 12.8. The van der Waals surface area contributed by atoms with E-state index in [1.807, 2.05) is 30.3 Å². The summed E-state index contributed by atoms with van der Waals surface area (Å²) in [4.78, 5) is 38.8. The molecule has 0 radical (unpaired) electrons. The standard InChI is InChI=1S/C29H22N4O4S/c30-16-22-21-12-6-7-13-25(21)38-28(22)32-26(34)27(35)33-31-17-23-20-11-5-4-8-18(20)14-15-24(23)37-29(36)19-9-2-1-3-10-19/h1-5,8-11,14-15,17H,6-7,12-13H2,(H,32,34)(H,33,35)/b31-17+. The van der Waals surface area contributed by atoms with Gasteiger partial charge in [-0.05, 0) is 60.2 Å². The van der Waals surface area contributed by atoms with E-state index >= 15 is 0 Å². The number of rotatable bonds is 5. The number of thiophene rings is 1. The molecule has 1 aromatic heterocycles. The van der Waals surface area contributed by atoms with E-state index < -0.39 is 17.8 Å². The second kappa shape index (κ2) is 11.1. The van der Waals surface area contributed by atoms with Gasteiger partial charge >= 0.3 is 17.8 Å². The average Bonchev–Trinajstić information content (AvgIpc) is 3.31. The second-order valence-electron chi connectivity index (χ2n) is 8.63. The summed E-state index contributed by atoms with van der Waals surface area (Å²) in [5.41, 5.74) is 4.47. The number of hydrogen-bond acceptors (Lipinski definition) is 7. The quantitative estimate of drug-likeness (QED) is 0.126. The number of carbonyl (C=O) groups excluding carboxylic acids is 3. The Morgan fingerprint density at radius 3 is 2.53 bits per heavy atom. The van der Waals surface area contributed by atoms with Crippen LogP contribution in [-0.4, -0.2) is 24.0 Å². The van der Waals surface area contributed by atoms with E-state index in [4.69, 9.17) is 4.74 Å². The summed E-state index contributed by atoms with van der Waals surface area (Å²) in [7, 11) is 0. The normalized spacial score (nSPS) is 12.5. The number of benzene rings is 3. The molecule has 0 unspecified atom stereocenters. The van der Waals surface area contributed by atoms with Crippen LogP contribution in [0.25, 0.3) is 10.8 Å². The van der Waals surface area contributed by atoms with Crippen LogP contribution in [0, 0.1) is 11.3 Å². The van der Waals surface area contributed by atoms with Crippen molar-refractivity contribution in [3.63, 3.8) is 0 Å². The molecule has 9 heteroatoms. The van der Waals surface area contributed by atoms with Crippen molar-refractivity contribution in [3.05, 3.63) is 93.9 Å². The average molecular weight is 523 g/mol. The minimum absolute atomic E-state index is 0.253. The van der Waals surface area contributed by atoms with E-state index in [-0.39, 0.29) is 5.75 Å². The first-order chi connectivity index (χ1) is 18.5. The zero-order valence-corrected chi connectivity index (χ0v) is 21.0. The smallest absolute Gasteiger partial charge is 0.343 e. The molecule has 0 atom stereocenters. The van der Waals surface area contributed by atoms with E-state index in [0.29, 0.717) is 21.7 Å². The fourth-order valence-corrected chi connectivity index (χ4v) is 5.60. The number of anilines is 1. The third-order valence-electron chi connectivity index (χ3n) is 6.22. The number of carbonyl (C=O) groups is 3. The SMILES string of the molecule is N#Cc1c(NC(=O)C(=O)N/N=C/c2c(OC(=O)c3ccccc3)ccc3ccccc23)sc2c1CCCC2. The van der Waals surface area contributed by atoms with E-state index in [1.165, 1.54) is 17.6 Å². The number of ether oxygens (including phenoxy) is 1. The number of nitrogens with one attached hydrogen (secondary N) is 2. The van der Waals surface area contributed by atoms with Gasteiger partial charge in [0.05, 0.1) is 17.3 Å². The molecule has 0 saturated heterocycles. The Morgan fingerprint density at radius 1 is 0.947 bits per heavy atom. The fraction of sp³-hybridized carbons (Fsp3) is 0.138. The Hall–Kier alpha value is -4.81. The Labute approximate surface area is 222 Å². The molecule has 1 aliphatic carbocycles. The lowest BCUT2D eigenvalue weighted by atomic mass is 9.96. The Bertz CT molecular complexity index is 1620. The third-order valence-corrected chi connectivity index (χ3v) is 7.43. The topological polar surface area (TPSA) is 121 Å². The van der Waals surface area contributed by atoms with Crippen LogP contribution >= 0.6 is 11.3 Å². The molecule has 2 N–H and O–H groups in total. The Morgan fingerprint density at radius 2 is 1.71 bits per heavy atom. The molecule has 0 spiro atoms. The third kappa shape index (κ3) is 5.16. The molecule has 1 heterocycles. The molecule has 8 nitrogen and oxygen atoms in total. The van der Waals surface area contributed by atoms with Crippen molar-refractivity contribution in [3.8, 4) is 11.8 Å². The predicted molar refractivity (Wildman–Crippen MR) is 145 cm³/mol. The van der Waals surface area contributed by atoms with Crippen LogP contribution in [0.1, 0.15) is 44.8 Å². The lowest BCUT2D eigenvalue weighted by Gasteiger charge is -2.10. The molecular weight excluding hydrogens is 500 g/mol. The second-order valence-corrected chi connectivity index (χ2v) is 9.74. The van der Waals surface area contributed by atoms with Gasteiger partial charge in [-0.1, -0.05) is 48.5 Å². The van der Waals surface area contributed by atoms with Gasteiger partial charge in [0.1, 0.15) is 16.8 Å². The van der Waals surface area contributed by atoms with Crippen LogP contribution in [0.15, 0.2) is 71.8 Å². The maximum absolute atomic E-state index is 12.7. The molecule has 3 aromatic carbocycles. The van der Waals surface area contributed by atoms with Gasteiger partial charge in [0.25, 0.3) is 0 Å². The summed E-state index contributed by atoms with van der Waals surface area (Å²) in [5.74, 6) is -2.20. The number of hydrazone groups is 1. The maximum atomic E-state index is 12.7. The van der Waals surface area contributed by atoms with Crippen molar-refractivity contribution in [2.45, 2.75) is 25.7 Å². The van der Waals surface area contributed by atoms with Crippen molar-refractivity contribution in [1.82, 2.24) is 5.43 Å². The summed E-state index contributed by atoms with van der Waals surface area (Å²) in [6.45, 7) is 0. The lowest BCUT2D eigenvalue weighted by molar-refractivity contribution is -0.136. The maximum Gasteiger partial charge on any atom is 0.343 e. The van der Waals surface area contributed by atoms with Gasteiger partial charge in [-0.25, -0.2) is 10.2 Å². The van der Waals surface area contributed by atoms with E-state index in [0.717, 1.165) is 46.9 Å². The molecule has 0 bridgehead atoms. The van der Waals surface area contributed by atoms with Gasteiger partial charge < -0.3 is 10.1 Å². The highest BCUT2D eigenvalue weighted by atomic mass is 32.1. The van der Waals surface area contributed by atoms with Gasteiger partial charge in [0.15, 0.2) is 0 Å². The van der Waals surface area contributed by atoms with E-state index in [1.54, 1.807) is 36.4 Å². The largest absolute Gasteiger partial charge is 0.422 e. The first-order valence-electron chi connectivity index (χ1n) is 12.0. The lowest BCUT2D eigenvalue weighted by Crippen LogP contribution is -2.32. The zero-order valence-electron chi connectivity index (χ0n) is 20.2. The van der Waals surface area contributed by atoms with Crippen molar-refractivity contribution in [2.24, 2.45) is 5.10 Å². The van der Waals surface area contributed by atoms with Crippen LogP contribution in [0.5, 0.6) is 5.75 Å². The highest BCUT2D eigenvalue weighted by Crippen LogP contribution is 2.37. The van der Waals surface area contributed by atoms with Crippen LogP contribution in [0.4, 0.5) is 5.00 Å². The summed E-state index contributed by atoms with van der Waals surface area (Å²) in [6.07, 6.45) is 5.04. The summed E-state index contributed by atoms with van der Waals surface area (Å²) in [5, 5.41) is 18.1. The highest BCUT2D eigenvalue weighted by Gasteiger charge is 2.23. The van der Waals surface area contributed by atoms with Crippen LogP contribution < -0.4 is 15.5 Å². The van der Waals surface area contributed by atoms with E-state index in [2.05, 4.69) is 21.9 Å². The molecule has 1 aliphatic rings. The van der Waals surface area contributed by atoms with Crippen molar-refractivity contribution in [2.75, 3.05) is 5.32 Å². The molecule has 0 fully saturated rings. The first kappa shape index (κ1) is 24.9. The summed E-state index contributed by atoms with van der Waals surface area (Å²) >= 11 is 1.34. The molecule has 188 valence electrons. The summed E-state index contributed by atoms with van der Waals surface area (Å²) in [6, 6.07) is 21.7. The van der Waals surface area contributed by atoms with Gasteiger partial charge in [-0.3, -0.25) is 9.59 Å². The van der Waals surface area contributed by atoms with Crippen molar-refractivity contribution in [1.29, 1.82) is 5.26 Å². The molecule has 0 saturated carbocycles. The molecule has 0 aliphatic heterocycles. The minimum atomic E-state index is -0.987.